The lowest BCUT2D eigenvalue weighted by Gasteiger charge is -2.21. The first-order valence-corrected chi connectivity index (χ1v) is 43.3. The molecule has 0 rings (SSSR count). The lowest BCUT2D eigenvalue weighted by atomic mass is 10.0. The molecule has 19 heteroatoms. The first-order chi connectivity index (χ1) is 46.7. The fraction of sp³-hybridized carbons (Fsp3) is 0.949. The van der Waals surface area contributed by atoms with Gasteiger partial charge in [0, 0.05) is 25.7 Å². The van der Waals surface area contributed by atoms with Crippen molar-refractivity contribution < 1.29 is 80.2 Å². The van der Waals surface area contributed by atoms with Gasteiger partial charge in [-0.15, -0.1) is 0 Å². The van der Waals surface area contributed by atoms with Crippen molar-refractivity contribution in [3.8, 4) is 0 Å². The topological polar surface area (TPSA) is 237 Å². The number of phosphoric ester groups is 2. The molecule has 0 saturated heterocycles. The molecule has 0 heterocycles. The Morgan fingerprint density at radius 2 is 0.474 bits per heavy atom. The van der Waals surface area contributed by atoms with Crippen LogP contribution in [0, 0.1) is 17.8 Å². The molecule has 0 radical (unpaired) electrons. The second-order valence-corrected chi connectivity index (χ2v) is 32.4. The van der Waals surface area contributed by atoms with Crippen LogP contribution in [-0.4, -0.2) is 96.7 Å². The fourth-order valence-corrected chi connectivity index (χ4v) is 13.5. The zero-order valence-corrected chi connectivity index (χ0v) is 65.3. The second kappa shape index (κ2) is 68.5. The van der Waals surface area contributed by atoms with Crippen LogP contribution in [0.1, 0.15) is 402 Å². The van der Waals surface area contributed by atoms with Crippen molar-refractivity contribution in [1.29, 1.82) is 0 Å². The van der Waals surface area contributed by atoms with Crippen molar-refractivity contribution in [3.05, 3.63) is 0 Å². The minimum atomic E-state index is -4.96. The summed E-state index contributed by atoms with van der Waals surface area (Å²) < 4.78 is 68.6. The van der Waals surface area contributed by atoms with E-state index in [4.69, 9.17) is 37.0 Å². The van der Waals surface area contributed by atoms with Gasteiger partial charge < -0.3 is 33.8 Å². The smallest absolute Gasteiger partial charge is 0.462 e. The molecule has 3 N–H and O–H groups in total. The van der Waals surface area contributed by atoms with Gasteiger partial charge >= 0.3 is 39.5 Å². The molecule has 0 spiro atoms. The molecule has 0 aliphatic heterocycles. The fourth-order valence-electron chi connectivity index (χ4n) is 12.0. The minimum Gasteiger partial charge on any atom is -0.462 e. The number of carbonyl (C=O) groups is 4. The van der Waals surface area contributed by atoms with Gasteiger partial charge in [0.1, 0.15) is 19.3 Å². The Kier molecular flexibility index (Phi) is 67.1. The Balaban J connectivity index is 5.25. The molecule has 0 fully saturated rings. The quantitative estimate of drug-likeness (QED) is 0.0222. The number of esters is 4. The molecule has 0 aliphatic carbocycles. The molecule has 97 heavy (non-hydrogen) atoms. The molecule has 0 aromatic rings. The normalized spacial score (nSPS) is 14.0. The maximum absolute atomic E-state index is 13.1. The Labute approximate surface area is 594 Å². The predicted octanol–water partition coefficient (Wildman–Crippen LogP) is 23.0. The van der Waals surface area contributed by atoms with Crippen LogP contribution < -0.4 is 0 Å². The molecule has 17 nitrogen and oxygen atoms in total. The number of carbonyl (C=O) groups excluding carboxylic acids is 4. The number of aliphatic hydroxyl groups is 1. The summed E-state index contributed by atoms with van der Waals surface area (Å²) in [4.78, 5) is 72.9. The number of ether oxygens (including phenoxy) is 4. The molecule has 0 aliphatic rings. The summed E-state index contributed by atoms with van der Waals surface area (Å²) in [5.74, 6) is 0.207. The summed E-state index contributed by atoms with van der Waals surface area (Å²) in [5.41, 5.74) is 0. The van der Waals surface area contributed by atoms with Gasteiger partial charge in [-0.25, -0.2) is 9.13 Å². The van der Waals surface area contributed by atoms with Crippen LogP contribution in [0.25, 0.3) is 0 Å². The van der Waals surface area contributed by atoms with Crippen molar-refractivity contribution in [2.45, 2.75) is 420 Å². The van der Waals surface area contributed by atoms with E-state index in [1.807, 2.05) is 0 Å². The van der Waals surface area contributed by atoms with Crippen LogP contribution in [0.4, 0.5) is 0 Å². The second-order valence-electron chi connectivity index (χ2n) is 29.5. The Morgan fingerprint density at radius 1 is 0.278 bits per heavy atom. The third-order valence-corrected chi connectivity index (χ3v) is 20.0. The number of hydrogen-bond acceptors (Lipinski definition) is 15. The van der Waals surface area contributed by atoms with E-state index >= 15 is 0 Å². The van der Waals surface area contributed by atoms with E-state index in [2.05, 4.69) is 48.5 Å². The summed E-state index contributed by atoms with van der Waals surface area (Å²) in [6.07, 6.45) is 55.4. The molecular weight excluding hydrogens is 1270 g/mol. The van der Waals surface area contributed by atoms with E-state index in [1.165, 1.54) is 212 Å². The van der Waals surface area contributed by atoms with Gasteiger partial charge in [0.2, 0.25) is 0 Å². The highest BCUT2D eigenvalue weighted by atomic mass is 31.2. The van der Waals surface area contributed by atoms with E-state index in [0.29, 0.717) is 25.7 Å². The molecule has 0 bridgehead atoms. The van der Waals surface area contributed by atoms with Crippen LogP contribution in [0.15, 0.2) is 0 Å². The van der Waals surface area contributed by atoms with Gasteiger partial charge in [-0.05, 0) is 43.4 Å². The highest BCUT2D eigenvalue weighted by Crippen LogP contribution is 2.45. The van der Waals surface area contributed by atoms with Gasteiger partial charge in [-0.2, -0.15) is 0 Å². The third kappa shape index (κ3) is 72.2. The van der Waals surface area contributed by atoms with Crippen molar-refractivity contribution in [2.75, 3.05) is 39.6 Å². The molecule has 0 saturated carbocycles. The Morgan fingerprint density at radius 3 is 0.701 bits per heavy atom. The molecule has 576 valence electrons. The van der Waals surface area contributed by atoms with E-state index in [9.17, 15) is 43.2 Å². The van der Waals surface area contributed by atoms with Crippen LogP contribution in [0.5, 0.6) is 0 Å². The summed E-state index contributed by atoms with van der Waals surface area (Å²) in [5, 5.41) is 10.6. The van der Waals surface area contributed by atoms with Gasteiger partial charge in [-0.3, -0.25) is 37.3 Å². The Hall–Kier alpha value is -1.94. The number of rotatable bonds is 76. The molecule has 0 aromatic heterocycles. The lowest BCUT2D eigenvalue weighted by Crippen LogP contribution is -2.30. The van der Waals surface area contributed by atoms with Crippen LogP contribution >= 0.6 is 15.6 Å². The Bertz CT molecular complexity index is 1890. The maximum Gasteiger partial charge on any atom is 0.472 e. The highest BCUT2D eigenvalue weighted by molar-refractivity contribution is 7.47. The first-order valence-electron chi connectivity index (χ1n) is 40.3. The minimum absolute atomic E-state index is 0.106. The average Bonchev–Trinajstić information content (AvgIpc) is 3.11. The van der Waals surface area contributed by atoms with Crippen molar-refractivity contribution in [1.82, 2.24) is 0 Å². The number of hydrogen-bond donors (Lipinski definition) is 3. The number of unbranched alkanes of at least 4 members (excludes halogenated alkanes) is 44. The van der Waals surface area contributed by atoms with E-state index < -0.39 is 97.5 Å². The maximum atomic E-state index is 13.1. The predicted molar refractivity (Wildman–Crippen MR) is 395 cm³/mol. The molecular formula is C78H152O17P2. The zero-order valence-electron chi connectivity index (χ0n) is 63.5. The summed E-state index contributed by atoms with van der Waals surface area (Å²) in [6.45, 7) is 11.9. The van der Waals surface area contributed by atoms with E-state index in [1.54, 1.807) is 0 Å². The monoisotopic (exact) mass is 1420 g/mol. The van der Waals surface area contributed by atoms with Gasteiger partial charge in [0.25, 0.3) is 0 Å². The van der Waals surface area contributed by atoms with Crippen LogP contribution in [0.3, 0.4) is 0 Å². The van der Waals surface area contributed by atoms with E-state index in [-0.39, 0.29) is 25.7 Å². The molecule has 0 amide bonds. The number of aliphatic hydroxyl groups excluding tert-OH is 1. The summed E-state index contributed by atoms with van der Waals surface area (Å²) >= 11 is 0. The molecule has 0 aromatic carbocycles. The molecule has 5 atom stereocenters. The first kappa shape index (κ1) is 95.1. The van der Waals surface area contributed by atoms with Gasteiger partial charge in [-0.1, -0.05) is 350 Å². The summed E-state index contributed by atoms with van der Waals surface area (Å²) in [6, 6.07) is 0. The summed E-state index contributed by atoms with van der Waals surface area (Å²) in [7, 11) is -9.92. The van der Waals surface area contributed by atoms with Gasteiger partial charge in [0.05, 0.1) is 26.4 Å². The van der Waals surface area contributed by atoms with Gasteiger partial charge in [0.15, 0.2) is 12.2 Å². The standard InChI is InChI=1S/C78H152O17P2/c1-8-9-10-11-12-13-14-24-31-38-45-52-59-75(80)88-66-74(95-78(83)62-55-48-41-34-27-30-37-44-51-58-71(6)7)68-93-97(86,87)91-64-72(79)63-90-96(84,85)92-67-73(65-89-76(81)60-53-46-39-32-25-21-20-23-29-36-43-50-57-70(4)5)94-77(82)61-54-47-40-33-26-19-17-15-16-18-22-28-35-42-49-56-69(2)3/h69-74,79H,8-68H2,1-7H3,(H,84,85)(H,86,87)/t72-,73-,74-/m1/s1. The zero-order chi connectivity index (χ0) is 71.6. The molecule has 2 unspecified atom stereocenters. The van der Waals surface area contributed by atoms with Crippen LogP contribution in [0.2, 0.25) is 0 Å². The van der Waals surface area contributed by atoms with Crippen LogP contribution in [-0.2, 0) is 65.4 Å². The lowest BCUT2D eigenvalue weighted by molar-refractivity contribution is -0.161. The highest BCUT2D eigenvalue weighted by Gasteiger charge is 2.30. The van der Waals surface area contributed by atoms with Crippen molar-refractivity contribution in [3.63, 3.8) is 0 Å². The number of phosphoric acid groups is 2. The van der Waals surface area contributed by atoms with Crippen molar-refractivity contribution in [2.24, 2.45) is 17.8 Å². The largest absolute Gasteiger partial charge is 0.472 e. The SMILES string of the molecule is CCCCCCCCCCCCCCC(=O)OC[C@H](COP(=O)(O)OC[C@H](O)COP(=O)(O)OC[C@@H](COC(=O)CCCCCCCCCCCCCCC(C)C)OC(=O)CCCCCCCCCCCCCCCCCC(C)C)OC(=O)CCCCCCCCCCCC(C)C. The third-order valence-electron chi connectivity index (χ3n) is 18.1. The van der Waals surface area contributed by atoms with E-state index in [0.717, 1.165) is 108 Å². The average molecular weight is 1420 g/mol. The van der Waals surface area contributed by atoms with Crippen molar-refractivity contribution >= 4 is 39.5 Å².